The van der Waals surface area contributed by atoms with Gasteiger partial charge in [-0.2, -0.15) is 0 Å². The van der Waals surface area contributed by atoms with Gasteiger partial charge in [-0.25, -0.2) is 9.59 Å². The third kappa shape index (κ3) is 17.7. The molecule has 1 saturated heterocycles. The summed E-state index contributed by atoms with van der Waals surface area (Å²) in [7, 11) is 0. The number of nitrogens with zero attached hydrogens (tertiary/aromatic N) is 1. The number of esters is 1. The third-order valence-electron chi connectivity index (χ3n) is 18.1. The maximum atomic E-state index is 13.3. The maximum absolute atomic E-state index is 13.3. The van der Waals surface area contributed by atoms with E-state index in [9.17, 15) is 9.59 Å². The summed E-state index contributed by atoms with van der Waals surface area (Å²) in [5, 5.41) is 2.84. The van der Waals surface area contributed by atoms with Gasteiger partial charge in [0.15, 0.2) is 0 Å². The molecule has 0 aromatic heterocycles. The zero-order valence-corrected chi connectivity index (χ0v) is 45.5. The average molecular weight is 952 g/mol. The van der Waals surface area contributed by atoms with E-state index >= 15 is 0 Å². The largest absolute Gasteiger partial charge is 0.462 e. The summed E-state index contributed by atoms with van der Waals surface area (Å²) >= 11 is 0. The highest BCUT2D eigenvalue weighted by Crippen LogP contribution is 2.67. The Hall–Kier alpha value is -1.90. The summed E-state index contributed by atoms with van der Waals surface area (Å²) in [5.74, 6) is 4.34. The number of hydrogen-bond donors (Lipinski definition) is 1. The monoisotopic (exact) mass is 951 g/mol. The quantitative estimate of drug-likeness (QED) is 0.0408. The van der Waals surface area contributed by atoms with Crippen molar-refractivity contribution < 1.29 is 28.5 Å². The number of nitrogens with one attached hydrogen (secondary N) is 1. The molecule has 0 bridgehead atoms. The normalized spacial score (nSPS) is 28.4. The minimum atomic E-state index is -1.22. The first-order valence-electron chi connectivity index (χ1n) is 29.2. The lowest BCUT2D eigenvalue weighted by atomic mass is 9.47. The Morgan fingerprint density at radius 1 is 0.794 bits per heavy atom. The number of ether oxygens (including phenoxy) is 4. The summed E-state index contributed by atoms with van der Waals surface area (Å²) in [4.78, 5) is 29.1. The van der Waals surface area contributed by atoms with E-state index < -0.39 is 17.6 Å². The van der Waals surface area contributed by atoms with E-state index in [0.29, 0.717) is 12.0 Å². The van der Waals surface area contributed by atoms with Crippen molar-refractivity contribution in [2.75, 3.05) is 46.1 Å². The number of hydrogen-bond acceptors (Lipinski definition) is 7. The highest BCUT2D eigenvalue weighted by Gasteiger charge is 2.59. The van der Waals surface area contributed by atoms with E-state index in [2.05, 4.69) is 70.0 Å². The lowest BCUT2D eigenvalue weighted by Crippen LogP contribution is -2.53. The highest BCUT2D eigenvalue weighted by atomic mass is 16.6. The smallest absolute Gasteiger partial charge is 0.408 e. The number of likely N-dealkylation sites (tertiary alicyclic amines) is 1. The van der Waals surface area contributed by atoms with Gasteiger partial charge in [0.1, 0.15) is 18.2 Å². The molecule has 5 aliphatic rings. The van der Waals surface area contributed by atoms with E-state index in [1.807, 2.05) is 0 Å². The number of amides is 1. The summed E-state index contributed by atoms with van der Waals surface area (Å²) < 4.78 is 24.2. The molecule has 392 valence electrons. The molecular weight excluding hydrogens is 845 g/mol. The fourth-order valence-electron chi connectivity index (χ4n) is 14.0. The van der Waals surface area contributed by atoms with Gasteiger partial charge in [-0.05, 0) is 163 Å². The van der Waals surface area contributed by atoms with Gasteiger partial charge in [0.2, 0.25) is 0 Å². The molecule has 0 aromatic carbocycles. The Morgan fingerprint density at radius 3 is 2.19 bits per heavy atom. The summed E-state index contributed by atoms with van der Waals surface area (Å²) in [6, 6.07) is 0. The molecule has 9 atom stereocenters. The lowest BCUT2D eigenvalue weighted by Gasteiger charge is -2.58. The number of allylic oxidation sites excluding steroid dienone is 3. The molecule has 1 aliphatic heterocycles. The van der Waals surface area contributed by atoms with Crippen molar-refractivity contribution in [1.29, 1.82) is 0 Å². The number of carbonyl (C=O) groups excluding carboxylic acids is 2. The summed E-state index contributed by atoms with van der Waals surface area (Å²) in [5.41, 5.74) is 0.949. The van der Waals surface area contributed by atoms with Crippen molar-refractivity contribution >= 4 is 12.1 Å². The molecule has 68 heavy (non-hydrogen) atoms. The number of unbranched alkanes of at least 4 members (excludes halogenated alkanes) is 12. The third-order valence-corrected chi connectivity index (χ3v) is 18.1. The lowest BCUT2D eigenvalue weighted by molar-refractivity contribution is -0.153. The fraction of sp³-hybridized carbons (Fsp3) is 0.900. The van der Waals surface area contributed by atoms with E-state index in [0.717, 1.165) is 87.4 Å². The molecule has 4 fully saturated rings. The molecular formula is C60H106N2O6. The number of fused-ring (bicyclic) bond motifs is 5. The minimum Gasteiger partial charge on any atom is -0.462 e. The second kappa shape index (κ2) is 29.6. The molecule has 1 amide bonds. The predicted octanol–water partition coefficient (Wildman–Crippen LogP) is 15.4. The van der Waals surface area contributed by atoms with Crippen molar-refractivity contribution in [2.45, 2.75) is 253 Å². The fourth-order valence-corrected chi connectivity index (χ4v) is 14.0. The van der Waals surface area contributed by atoms with Crippen LogP contribution in [0.3, 0.4) is 0 Å². The second-order valence-corrected chi connectivity index (χ2v) is 24.3. The van der Waals surface area contributed by atoms with Crippen LogP contribution in [0.1, 0.15) is 235 Å². The van der Waals surface area contributed by atoms with Crippen LogP contribution in [0.25, 0.3) is 0 Å². The van der Waals surface area contributed by atoms with Gasteiger partial charge in [0.25, 0.3) is 0 Å². The minimum absolute atomic E-state index is 0.0731. The molecule has 1 heterocycles. The molecule has 3 saturated carbocycles. The van der Waals surface area contributed by atoms with Crippen LogP contribution in [0.15, 0.2) is 23.8 Å². The van der Waals surface area contributed by atoms with Crippen LogP contribution in [0.4, 0.5) is 4.79 Å². The SMILES string of the molecule is CCCCCCCC/C=C\CCCCCCCCOCC(CN1CCCCC1)OCCOC(=O)C(C)(C)NC(=O)O[C@H]1CC[C@@]2(C)C(=CC[C@H]3[C@@H]4CC[C@H]([C@H](C)CCCC(C)C)[C@@]4(C)CC[C@@H]32)C1. The number of piperidine rings is 1. The predicted molar refractivity (Wildman–Crippen MR) is 282 cm³/mol. The van der Waals surface area contributed by atoms with Crippen LogP contribution >= 0.6 is 0 Å². The van der Waals surface area contributed by atoms with Gasteiger partial charge in [-0.3, -0.25) is 0 Å². The van der Waals surface area contributed by atoms with E-state index in [-0.39, 0.29) is 30.8 Å². The molecule has 4 aliphatic carbocycles. The number of alkyl carbamates (subject to hydrolysis) is 1. The van der Waals surface area contributed by atoms with Gasteiger partial charge in [0, 0.05) is 19.6 Å². The second-order valence-electron chi connectivity index (χ2n) is 24.3. The molecule has 5 rings (SSSR count). The van der Waals surface area contributed by atoms with Crippen LogP contribution in [0.2, 0.25) is 0 Å². The highest BCUT2D eigenvalue weighted by molar-refractivity contribution is 5.84. The van der Waals surface area contributed by atoms with Gasteiger partial charge in [-0.1, -0.05) is 149 Å². The molecule has 0 spiro atoms. The van der Waals surface area contributed by atoms with Crippen molar-refractivity contribution in [3.8, 4) is 0 Å². The first kappa shape index (κ1) is 57.0. The standard InChI is InChI=1S/C60H106N2O6/c1-9-10-11-12-13-14-15-16-17-18-19-20-21-22-23-27-41-65-46-51(45-62-39-25-24-26-40-62)66-42-43-67-56(63)58(5,6)61-57(64)68-50-35-37-59(7)49(44-50)31-32-52-54-34-33-53(48(4)30-28-29-47(2)3)60(54,8)38-36-55(52)59/h16-17,31,47-48,50-55H,9-15,18-30,32-46H2,1-8H3,(H,61,64)/b17-16-/t48-,50+,51?,52+,53-,54+,55+,59+,60-/m1/s1. The van der Waals surface area contributed by atoms with Gasteiger partial charge >= 0.3 is 12.1 Å². The van der Waals surface area contributed by atoms with Crippen LogP contribution in [-0.2, 0) is 23.7 Å². The zero-order chi connectivity index (χ0) is 48.8. The zero-order valence-electron chi connectivity index (χ0n) is 45.5. The van der Waals surface area contributed by atoms with E-state index in [1.165, 1.54) is 160 Å². The maximum Gasteiger partial charge on any atom is 0.408 e. The van der Waals surface area contributed by atoms with E-state index in [4.69, 9.17) is 18.9 Å². The van der Waals surface area contributed by atoms with E-state index in [1.54, 1.807) is 13.8 Å². The average Bonchev–Trinajstić information content (AvgIpc) is 3.67. The molecule has 0 radical (unpaired) electrons. The van der Waals surface area contributed by atoms with Crippen LogP contribution in [0.5, 0.6) is 0 Å². The Labute approximate surface area is 418 Å². The summed E-state index contributed by atoms with van der Waals surface area (Å²) in [6.07, 6.45) is 42.0. The molecule has 1 N–H and O–H groups in total. The Kier molecular flexibility index (Phi) is 24.8. The van der Waals surface area contributed by atoms with Crippen LogP contribution in [-0.4, -0.2) is 80.8 Å². The van der Waals surface area contributed by atoms with Gasteiger partial charge in [-0.15, -0.1) is 0 Å². The Bertz CT molecular complexity index is 1500. The molecule has 8 heteroatoms. The molecule has 1 unspecified atom stereocenters. The van der Waals surface area contributed by atoms with Crippen molar-refractivity contribution in [1.82, 2.24) is 10.2 Å². The molecule has 0 aromatic rings. The van der Waals surface area contributed by atoms with Gasteiger partial charge < -0.3 is 29.2 Å². The Balaban J connectivity index is 0.959. The molecule has 8 nitrogen and oxygen atoms in total. The first-order valence-corrected chi connectivity index (χ1v) is 29.2. The number of rotatable bonds is 32. The first-order chi connectivity index (χ1) is 32.8. The van der Waals surface area contributed by atoms with Crippen molar-refractivity contribution in [3.63, 3.8) is 0 Å². The Morgan fingerprint density at radius 2 is 1.49 bits per heavy atom. The number of carbonyl (C=O) groups is 2. The summed E-state index contributed by atoms with van der Waals surface area (Å²) in [6.45, 7) is 22.9. The van der Waals surface area contributed by atoms with Gasteiger partial charge in [0.05, 0.1) is 19.3 Å². The van der Waals surface area contributed by atoms with Crippen molar-refractivity contribution in [2.24, 2.45) is 46.3 Å². The van der Waals surface area contributed by atoms with Crippen molar-refractivity contribution in [3.05, 3.63) is 23.8 Å². The van der Waals surface area contributed by atoms with Crippen LogP contribution in [0, 0.1) is 46.3 Å². The van der Waals surface area contributed by atoms with Crippen LogP contribution < -0.4 is 5.32 Å². The topological polar surface area (TPSA) is 86.3 Å².